The Hall–Kier alpha value is -2.04. The Balaban J connectivity index is 2.03. The molecule has 2 N–H and O–H groups in total. The van der Waals surface area contributed by atoms with Gasteiger partial charge in [0.05, 0.1) is 0 Å². The molecule has 0 radical (unpaired) electrons. The lowest BCUT2D eigenvalue weighted by Crippen LogP contribution is -2.16. The van der Waals surface area contributed by atoms with Gasteiger partial charge in [0.15, 0.2) is 5.88 Å². The van der Waals surface area contributed by atoms with Gasteiger partial charge in [-0.15, -0.1) is 0 Å². The quantitative estimate of drug-likeness (QED) is 0.850. The summed E-state index contributed by atoms with van der Waals surface area (Å²) < 4.78 is 5.72. The number of anilines is 1. The van der Waals surface area contributed by atoms with Crippen LogP contribution in [0.4, 0.5) is 5.88 Å². The maximum absolute atomic E-state index is 11.0. The van der Waals surface area contributed by atoms with Crippen molar-refractivity contribution in [3.8, 4) is 0 Å². The number of nitrogens with two attached hydrogens (primary N) is 1. The molecule has 3 rings (SSSR count). The van der Waals surface area contributed by atoms with Crippen LogP contribution >= 0.6 is 0 Å². The van der Waals surface area contributed by atoms with Gasteiger partial charge < -0.3 is 15.1 Å². The highest BCUT2D eigenvalue weighted by Gasteiger charge is 2.17. The zero-order valence-corrected chi connectivity index (χ0v) is 9.35. The lowest BCUT2D eigenvalue weighted by atomic mass is 10.3. The largest absolute Gasteiger partial charge is 0.440 e. The number of furan rings is 1. The summed E-state index contributed by atoms with van der Waals surface area (Å²) in [6.45, 7) is 2.05. The average Bonchev–Trinajstić information content (AvgIpc) is 2.96. The predicted octanol–water partition coefficient (Wildman–Crippen LogP) is 1.53. The van der Waals surface area contributed by atoms with Crippen LogP contribution in [0.3, 0.4) is 0 Å². The van der Waals surface area contributed by atoms with Gasteiger partial charge in [0.2, 0.25) is 0 Å². The highest BCUT2D eigenvalue weighted by atomic mass is 16.4. The van der Waals surface area contributed by atoms with Crippen molar-refractivity contribution in [2.24, 2.45) is 5.73 Å². The van der Waals surface area contributed by atoms with Gasteiger partial charge in [0, 0.05) is 36.8 Å². The maximum Gasteiger partial charge on any atom is 0.267 e. The van der Waals surface area contributed by atoms with Gasteiger partial charge in [-0.05, 0) is 12.8 Å². The van der Waals surface area contributed by atoms with Gasteiger partial charge in [-0.25, -0.2) is 0 Å². The molecular weight excluding hydrogens is 218 g/mol. The van der Waals surface area contributed by atoms with E-state index in [1.165, 1.54) is 12.8 Å². The van der Waals surface area contributed by atoms with E-state index in [2.05, 4.69) is 9.88 Å². The van der Waals surface area contributed by atoms with Crippen LogP contribution in [0.15, 0.2) is 22.7 Å². The van der Waals surface area contributed by atoms with Crippen LogP contribution in [0.1, 0.15) is 23.3 Å². The summed E-state index contributed by atoms with van der Waals surface area (Å²) in [5.74, 6) is 0.312. The third-order valence-electron chi connectivity index (χ3n) is 3.06. The van der Waals surface area contributed by atoms with E-state index >= 15 is 0 Å². The van der Waals surface area contributed by atoms with Gasteiger partial charge in [-0.3, -0.25) is 9.78 Å². The second kappa shape index (κ2) is 3.76. The fourth-order valence-electron chi connectivity index (χ4n) is 2.15. The molecule has 1 aliphatic rings. The molecule has 2 aromatic heterocycles. The summed E-state index contributed by atoms with van der Waals surface area (Å²) in [4.78, 5) is 17.2. The van der Waals surface area contributed by atoms with Crippen molar-refractivity contribution in [3.05, 3.63) is 24.0 Å². The molecule has 0 unspecified atom stereocenters. The molecule has 0 saturated carbocycles. The Morgan fingerprint density at radius 2 is 2.12 bits per heavy atom. The zero-order chi connectivity index (χ0) is 11.8. The van der Waals surface area contributed by atoms with Crippen LogP contribution in [-0.2, 0) is 0 Å². The number of pyridine rings is 1. The fourth-order valence-corrected chi connectivity index (χ4v) is 2.15. The lowest BCUT2D eigenvalue weighted by Gasteiger charge is -2.12. The highest BCUT2D eigenvalue weighted by molar-refractivity contribution is 5.94. The first-order valence-corrected chi connectivity index (χ1v) is 5.68. The Morgan fingerprint density at radius 3 is 2.82 bits per heavy atom. The molecular formula is C12H13N3O2. The summed E-state index contributed by atoms with van der Waals surface area (Å²) in [5.41, 5.74) is 6.08. The Morgan fingerprint density at radius 1 is 1.35 bits per heavy atom. The predicted molar refractivity (Wildman–Crippen MR) is 64.0 cm³/mol. The molecule has 1 amide bonds. The molecule has 0 atom stereocenters. The number of nitrogens with zero attached hydrogens (tertiary/aromatic N) is 2. The van der Waals surface area contributed by atoms with Crippen molar-refractivity contribution in [3.63, 3.8) is 0 Å². The Bertz CT molecular complexity index is 570. The van der Waals surface area contributed by atoms with Crippen molar-refractivity contribution in [1.29, 1.82) is 0 Å². The first-order chi connectivity index (χ1) is 8.24. The summed E-state index contributed by atoms with van der Waals surface area (Å²) in [6, 6.07) is 3.55. The van der Waals surface area contributed by atoms with E-state index in [9.17, 15) is 4.79 Å². The minimum absolute atomic E-state index is 0.236. The molecule has 1 fully saturated rings. The van der Waals surface area contributed by atoms with Crippen molar-refractivity contribution in [1.82, 2.24) is 4.98 Å². The van der Waals surface area contributed by atoms with E-state index < -0.39 is 5.91 Å². The summed E-state index contributed by atoms with van der Waals surface area (Å²) >= 11 is 0. The van der Waals surface area contributed by atoms with Gasteiger partial charge in [0.25, 0.3) is 5.91 Å². The van der Waals surface area contributed by atoms with E-state index in [4.69, 9.17) is 10.2 Å². The molecule has 1 saturated heterocycles. The number of amides is 1. The number of carbonyl (C=O) groups is 1. The number of rotatable bonds is 2. The smallest absolute Gasteiger partial charge is 0.267 e. The van der Waals surface area contributed by atoms with Gasteiger partial charge in [0.1, 0.15) is 11.3 Å². The monoisotopic (exact) mass is 231 g/mol. The van der Waals surface area contributed by atoms with Gasteiger partial charge >= 0.3 is 0 Å². The topological polar surface area (TPSA) is 72.4 Å². The third kappa shape index (κ3) is 1.73. The molecule has 3 heterocycles. The number of hydrogen-bond acceptors (Lipinski definition) is 4. The van der Waals surface area contributed by atoms with Crippen LogP contribution in [0, 0.1) is 0 Å². The number of carbonyl (C=O) groups excluding carboxylic acids is 1. The molecule has 0 aromatic carbocycles. The van der Waals surface area contributed by atoms with Crippen LogP contribution in [-0.4, -0.2) is 24.0 Å². The maximum atomic E-state index is 11.0. The van der Waals surface area contributed by atoms with Crippen molar-refractivity contribution < 1.29 is 9.21 Å². The molecule has 5 heteroatoms. The van der Waals surface area contributed by atoms with Crippen LogP contribution in [0.5, 0.6) is 0 Å². The van der Waals surface area contributed by atoms with E-state index in [0.717, 1.165) is 24.4 Å². The normalized spacial score (nSPS) is 15.6. The second-order valence-corrected chi connectivity index (χ2v) is 4.25. The van der Waals surface area contributed by atoms with Crippen LogP contribution < -0.4 is 10.6 Å². The minimum atomic E-state index is -0.536. The first-order valence-electron chi connectivity index (χ1n) is 5.68. The van der Waals surface area contributed by atoms with E-state index in [-0.39, 0.29) is 5.69 Å². The lowest BCUT2D eigenvalue weighted by molar-refractivity contribution is 0.0995. The molecule has 1 aliphatic heterocycles. The third-order valence-corrected chi connectivity index (χ3v) is 3.06. The molecule has 0 spiro atoms. The number of hydrogen-bond donors (Lipinski definition) is 1. The summed E-state index contributed by atoms with van der Waals surface area (Å²) in [7, 11) is 0. The minimum Gasteiger partial charge on any atom is -0.440 e. The summed E-state index contributed by atoms with van der Waals surface area (Å²) in [6.07, 6.45) is 4.02. The van der Waals surface area contributed by atoms with E-state index in [1.807, 2.05) is 6.07 Å². The number of primary amides is 1. The van der Waals surface area contributed by atoms with Crippen LogP contribution in [0.2, 0.25) is 0 Å². The van der Waals surface area contributed by atoms with Crippen molar-refractivity contribution >= 4 is 22.8 Å². The first kappa shape index (κ1) is 10.1. The standard InChI is InChI=1S/C12H13N3O2/c13-12(16)9-6-10-8(7-14-9)5-11(17-10)15-3-1-2-4-15/h5-7H,1-4H2,(H2,13,16). The van der Waals surface area contributed by atoms with Gasteiger partial charge in [-0.2, -0.15) is 0 Å². The van der Waals surface area contributed by atoms with E-state index in [1.54, 1.807) is 12.3 Å². The van der Waals surface area contributed by atoms with Crippen molar-refractivity contribution in [2.45, 2.75) is 12.8 Å². The molecule has 0 bridgehead atoms. The Kier molecular flexibility index (Phi) is 2.24. The van der Waals surface area contributed by atoms with Crippen LogP contribution in [0.25, 0.3) is 11.0 Å². The number of fused-ring (bicyclic) bond motifs is 1. The highest BCUT2D eigenvalue weighted by Crippen LogP contribution is 2.28. The molecule has 88 valence electrons. The molecule has 17 heavy (non-hydrogen) atoms. The van der Waals surface area contributed by atoms with Crippen molar-refractivity contribution in [2.75, 3.05) is 18.0 Å². The van der Waals surface area contributed by atoms with E-state index in [0.29, 0.717) is 5.58 Å². The summed E-state index contributed by atoms with van der Waals surface area (Å²) in [5, 5.41) is 0.900. The average molecular weight is 231 g/mol. The Labute approximate surface area is 98.2 Å². The fraction of sp³-hybridized carbons (Fsp3) is 0.333. The second-order valence-electron chi connectivity index (χ2n) is 4.25. The molecule has 2 aromatic rings. The van der Waals surface area contributed by atoms with Gasteiger partial charge in [-0.1, -0.05) is 0 Å². The molecule has 5 nitrogen and oxygen atoms in total. The number of aromatic nitrogens is 1. The zero-order valence-electron chi connectivity index (χ0n) is 9.35. The molecule has 0 aliphatic carbocycles. The SMILES string of the molecule is NC(=O)c1cc2oc(N3CCCC3)cc2cn1.